The van der Waals surface area contributed by atoms with Crippen LogP contribution in [0.4, 0.5) is 0 Å². The molecule has 22 heavy (non-hydrogen) atoms. The van der Waals surface area contributed by atoms with Gasteiger partial charge in [-0.15, -0.1) is 11.3 Å². The molecule has 122 valence electrons. The zero-order valence-corrected chi connectivity index (χ0v) is 15.0. The number of aryl methyl sites for hydroxylation is 1. The molecule has 0 radical (unpaired) electrons. The number of hydrogen-bond acceptors (Lipinski definition) is 5. The maximum Gasteiger partial charge on any atom is 0.143 e. The molecule has 0 amide bonds. The lowest BCUT2D eigenvalue weighted by Gasteiger charge is -2.26. The number of rotatable bonds is 4. The second kappa shape index (κ2) is 8.62. The SMILES string of the molecule is CC.Cc1sc(-c2cnn(CCN3CCOCC3)c2)nc1Cl. The highest BCUT2D eigenvalue weighted by molar-refractivity contribution is 7.15. The summed E-state index contributed by atoms with van der Waals surface area (Å²) in [7, 11) is 0. The molecule has 7 heteroatoms. The van der Waals surface area contributed by atoms with Crippen LogP contribution in [-0.4, -0.2) is 52.5 Å². The Hall–Kier alpha value is -0.950. The Morgan fingerprint density at radius 2 is 2.00 bits per heavy atom. The van der Waals surface area contributed by atoms with Crippen LogP contribution >= 0.6 is 22.9 Å². The molecule has 0 unspecified atom stereocenters. The monoisotopic (exact) mass is 342 g/mol. The van der Waals surface area contributed by atoms with E-state index in [0.29, 0.717) is 5.15 Å². The van der Waals surface area contributed by atoms with E-state index in [2.05, 4.69) is 15.0 Å². The van der Waals surface area contributed by atoms with Gasteiger partial charge in [-0.3, -0.25) is 9.58 Å². The molecule has 0 spiro atoms. The second-order valence-corrected chi connectivity index (χ2v) is 6.37. The van der Waals surface area contributed by atoms with E-state index in [9.17, 15) is 0 Å². The zero-order valence-electron chi connectivity index (χ0n) is 13.4. The van der Waals surface area contributed by atoms with Gasteiger partial charge in [-0.1, -0.05) is 25.4 Å². The van der Waals surface area contributed by atoms with E-state index in [1.807, 2.05) is 37.8 Å². The molecule has 3 heterocycles. The van der Waals surface area contributed by atoms with Crippen LogP contribution in [0.1, 0.15) is 18.7 Å². The van der Waals surface area contributed by atoms with Gasteiger partial charge >= 0.3 is 0 Å². The lowest BCUT2D eigenvalue weighted by Crippen LogP contribution is -2.38. The minimum Gasteiger partial charge on any atom is -0.379 e. The molecule has 2 aromatic rings. The van der Waals surface area contributed by atoms with E-state index in [-0.39, 0.29) is 0 Å². The Bertz CT molecular complexity index is 558. The Morgan fingerprint density at radius 3 is 2.64 bits per heavy atom. The van der Waals surface area contributed by atoms with Crippen LogP contribution in [0.15, 0.2) is 12.4 Å². The maximum atomic E-state index is 6.00. The van der Waals surface area contributed by atoms with Gasteiger partial charge in [0.1, 0.15) is 10.2 Å². The van der Waals surface area contributed by atoms with E-state index < -0.39 is 0 Å². The fraction of sp³-hybridized carbons (Fsp3) is 0.600. The van der Waals surface area contributed by atoms with E-state index in [1.165, 1.54) is 0 Å². The predicted octanol–water partition coefficient (Wildman–Crippen LogP) is 3.33. The number of halogens is 1. The van der Waals surface area contributed by atoms with Crippen molar-refractivity contribution in [2.75, 3.05) is 32.8 Å². The van der Waals surface area contributed by atoms with Crippen molar-refractivity contribution >= 4 is 22.9 Å². The Morgan fingerprint density at radius 1 is 1.27 bits per heavy atom. The van der Waals surface area contributed by atoms with Crippen molar-refractivity contribution in [2.24, 2.45) is 0 Å². The number of morpholine rings is 1. The first-order chi connectivity index (χ1) is 10.7. The summed E-state index contributed by atoms with van der Waals surface area (Å²) in [4.78, 5) is 7.79. The highest BCUT2D eigenvalue weighted by Crippen LogP contribution is 2.29. The number of ether oxygens (including phenoxy) is 1. The zero-order chi connectivity index (χ0) is 15.9. The summed E-state index contributed by atoms with van der Waals surface area (Å²) in [6, 6.07) is 0. The fourth-order valence-electron chi connectivity index (χ4n) is 2.17. The maximum absolute atomic E-state index is 6.00. The normalized spacial score (nSPS) is 15.5. The van der Waals surface area contributed by atoms with Crippen LogP contribution in [0, 0.1) is 6.92 Å². The third-order valence-electron chi connectivity index (χ3n) is 3.37. The minimum atomic E-state index is 0.589. The molecular formula is C15H23ClN4OS. The minimum absolute atomic E-state index is 0.589. The summed E-state index contributed by atoms with van der Waals surface area (Å²) in [5, 5.41) is 5.92. The van der Waals surface area contributed by atoms with Gasteiger partial charge in [-0.05, 0) is 6.92 Å². The first-order valence-corrected chi connectivity index (χ1v) is 8.87. The Kier molecular flexibility index (Phi) is 6.82. The number of thiazole rings is 1. The van der Waals surface area contributed by atoms with E-state index in [0.717, 1.165) is 54.8 Å². The van der Waals surface area contributed by atoms with Crippen molar-refractivity contribution in [2.45, 2.75) is 27.3 Å². The summed E-state index contributed by atoms with van der Waals surface area (Å²) < 4.78 is 7.31. The van der Waals surface area contributed by atoms with Crippen molar-refractivity contribution in [3.63, 3.8) is 0 Å². The van der Waals surface area contributed by atoms with Gasteiger partial charge in [0.2, 0.25) is 0 Å². The van der Waals surface area contributed by atoms with Crippen LogP contribution in [0.3, 0.4) is 0 Å². The van der Waals surface area contributed by atoms with Crippen LogP contribution in [-0.2, 0) is 11.3 Å². The van der Waals surface area contributed by atoms with Gasteiger partial charge in [-0.2, -0.15) is 5.10 Å². The summed E-state index contributed by atoms with van der Waals surface area (Å²) in [6.45, 7) is 11.6. The summed E-state index contributed by atoms with van der Waals surface area (Å²) in [5.74, 6) is 0. The van der Waals surface area contributed by atoms with Crippen molar-refractivity contribution < 1.29 is 4.74 Å². The van der Waals surface area contributed by atoms with Gasteiger partial charge in [0.15, 0.2) is 0 Å². The molecule has 0 N–H and O–H groups in total. The molecule has 1 fully saturated rings. The predicted molar refractivity (Wildman–Crippen MR) is 91.7 cm³/mol. The average Bonchev–Trinajstić information content (AvgIpc) is 3.16. The van der Waals surface area contributed by atoms with Gasteiger partial charge < -0.3 is 4.74 Å². The van der Waals surface area contributed by atoms with Crippen LogP contribution in [0.25, 0.3) is 10.6 Å². The molecule has 0 aliphatic carbocycles. The highest BCUT2D eigenvalue weighted by atomic mass is 35.5. The number of hydrogen-bond donors (Lipinski definition) is 0. The molecule has 2 aromatic heterocycles. The Labute approximate surface area is 140 Å². The summed E-state index contributed by atoms with van der Waals surface area (Å²) >= 11 is 7.61. The van der Waals surface area contributed by atoms with Gasteiger partial charge in [0, 0.05) is 36.3 Å². The molecule has 0 bridgehead atoms. The third kappa shape index (κ3) is 4.52. The smallest absolute Gasteiger partial charge is 0.143 e. The molecule has 5 nitrogen and oxygen atoms in total. The molecule has 0 atom stereocenters. The molecule has 1 aliphatic heterocycles. The highest BCUT2D eigenvalue weighted by Gasteiger charge is 2.12. The second-order valence-electron chi connectivity index (χ2n) is 4.81. The topological polar surface area (TPSA) is 43.2 Å². The van der Waals surface area contributed by atoms with Crippen molar-refractivity contribution in [3.05, 3.63) is 22.4 Å². The van der Waals surface area contributed by atoms with Crippen LogP contribution in [0.5, 0.6) is 0 Å². The third-order valence-corrected chi connectivity index (χ3v) is 4.87. The molecule has 0 saturated carbocycles. The van der Waals surface area contributed by atoms with Crippen LogP contribution < -0.4 is 0 Å². The largest absolute Gasteiger partial charge is 0.379 e. The fourth-order valence-corrected chi connectivity index (χ4v) is 3.20. The van der Waals surface area contributed by atoms with E-state index in [4.69, 9.17) is 16.3 Å². The molecule has 0 aromatic carbocycles. The quantitative estimate of drug-likeness (QED) is 0.854. The van der Waals surface area contributed by atoms with Crippen molar-refractivity contribution in [3.8, 4) is 10.6 Å². The Balaban J connectivity index is 0.000000847. The molecular weight excluding hydrogens is 320 g/mol. The molecule has 3 rings (SSSR count). The first kappa shape index (κ1) is 17.4. The number of nitrogens with zero attached hydrogens (tertiary/aromatic N) is 4. The van der Waals surface area contributed by atoms with Crippen molar-refractivity contribution in [1.82, 2.24) is 19.7 Å². The lowest BCUT2D eigenvalue weighted by molar-refractivity contribution is 0.0360. The number of aromatic nitrogens is 3. The summed E-state index contributed by atoms with van der Waals surface area (Å²) in [6.07, 6.45) is 3.89. The molecule has 1 saturated heterocycles. The van der Waals surface area contributed by atoms with Gasteiger partial charge in [0.25, 0.3) is 0 Å². The van der Waals surface area contributed by atoms with Gasteiger partial charge in [0.05, 0.1) is 26.0 Å². The lowest BCUT2D eigenvalue weighted by atomic mass is 10.4. The van der Waals surface area contributed by atoms with E-state index in [1.54, 1.807) is 11.3 Å². The first-order valence-electron chi connectivity index (χ1n) is 7.68. The van der Waals surface area contributed by atoms with E-state index >= 15 is 0 Å². The van der Waals surface area contributed by atoms with Crippen molar-refractivity contribution in [1.29, 1.82) is 0 Å². The standard InChI is InChI=1S/C13H17ClN4OS.C2H6/c1-10-12(14)16-13(20-10)11-8-15-18(9-11)3-2-17-4-6-19-7-5-17;1-2/h8-9H,2-7H2,1H3;1-2H3. The average molecular weight is 343 g/mol. The van der Waals surface area contributed by atoms with Gasteiger partial charge in [-0.25, -0.2) is 4.98 Å². The summed E-state index contributed by atoms with van der Waals surface area (Å²) in [5.41, 5.74) is 1.03. The molecule has 1 aliphatic rings. The van der Waals surface area contributed by atoms with Crippen LogP contribution in [0.2, 0.25) is 5.15 Å².